The third-order valence-electron chi connectivity index (χ3n) is 22.8. The van der Waals surface area contributed by atoms with Crippen LogP contribution in [0.1, 0.15) is 22.6 Å². The largest absolute Gasteiger partial charge is 0.455 e. The Bertz CT molecular complexity index is 7150. The molecular weight excluding hydrogens is 1480 g/mol. The Morgan fingerprint density at radius 1 is 0.188 bits per heavy atom. The van der Waals surface area contributed by atoms with E-state index in [0.29, 0.717) is 0 Å². The molecule has 4 heteroatoms. The number of hydrogen-bond acceptors (Lipinski definition) is 3. The first kappa shape index (κ1) is 71.4. The Morgan fingerprint density at radius 2 is 0.470 bits per heavy atom. The fourth-order valence-corrected chi connectivity index (χ4v) is 17.5. The highest BCUT2D eigenvalue weighted by Crippen LogP contribution is 2.43. The molecule has 2 aromatic heterocycles. The van der Waals surface area contributed by atoms with Crippen molar-refractivity contribution in [1.29, 1.82) is 0 Å². The van der Waals surface area contributed by atoms with E-state index in [9.17, 15) is 0 Å². The second kappa shape index (κ2) is 31.7. The lowest BCUT2D eigenvalue weighted by atomic mass is 9.82. The Balaban J connectivity index is 0.000000125. The number of para-hydroxylation sites is 4. The summed E-state index contributed by atoms with van der Waals surface area (Å²) in [5.74, 6) is 0.0237. The molecule has 0 atom stereocenters. The van der Waals surface area contributed by atoms with Crippen molar-refractivity contribution in [2.45, 2.75) is 5.92 Å². The molecule has 0 unspecified atom stereocenters. The molecule has 20 aromatic carbocycles. The van der Waals surface area contributed by atoms with Gasteiger partial charge in [0, 0.05) is 54.4 Å². The lowest BCUT2D eigenvalue weighted by Gasteiger charge is -2.21. The van der Waals surface area contributed by atoms with E-state index in [1.165, 1.54) is 127 Å². The van der Waals surface area contributed by atoms with E-state index < -0.39 is 0 Å². The van der Waals surface area contributed by atoms with Crippen molar-refractivity contribution in [3.8, 4) is 89.0 Å². The van der Waals surface area contributed by atoms with Gasteiger partial charge in [-0.2, -0.15) is 0 Å². The number of fused-ring (bicyclic) bond motifs is 10. The van der Waals surface area contributed by atoms with Crippen LogP contribution in [0, 0.1) is 0 Å². The van der Waals surface area contributed by atoms with Crippen molar-refractivity contribution in [3.63, 3.8) is 0 Å². The average molecular weight is 1560 g/mol. The molecule has 3 nitrogen and oxygen atoms in total. The summed E-state index contributed by atoms with van der Waals surface area (Å²) >= 11 is 3.56. The van der Waals surface area contributed by atoms with E-state index in [0.717, 1.165) is 82.0 Å². The second-order valence-corrected chi connectivity index (χ2v) is 30.8. The minimum Gasteiger partial charge on any atom is -0.455 e. The van der Waals surface area contributed by atoms with E-state index in [4.69, 9.17) is 8.83 Å². The zero-order valence-electron chi connectivity index (χ0n) is 64.0. The lowest BCUT2D eigenvalue weighted by Crippen LogP contribution is -2.04. The second-order valence-electron chi connectivity index (χ2n) is 29.9. The number of rotatable bonds is 13. The van der Waals surface area contributed by atoms with Crippen molar-refractivity contribution in [3.05, 3.63) is 470 Å². The van der Waals surface area contributed by atoms with Gasteiger partial charge >= 0.3 is 0 Å². The van der Waals surface area contributed by atoms with Gasteiger partial charge in [-0.05, 0) is 198 Å². The molecule has 0 radical (unpaired) electrons. The van der Waals surface area contributed by atoms with Gasteiger partial charge in [0.15, 0.2) is 0 Å². The van der Waals surface area contributed by atoms with Crippen molar-refractivity contribution in [2.75, 3.05) is 5.32 Å². The van der Waals surface area contributed by atoms with Crippen LogP contribution in [-0.2, 0) is 0 Å². The maximum absolute atomic E-state index is 6.45. The van der Waals surface area contributed by atoms with Crippen molar-refractivity contribution in [2.24, 2.45) is 0 Å². The highest BCUT2D eigenvalue weighted by Gasteiger charge is 2.21. The summed E-state index contributed by atoms with van der Waals surface area (Å²) in [6.07, 6.45) is 0. The summed E-state index contributed by atoms with van der Waals surface area (Å²) in [5.41, 5.74) is 28.8. The molecule has 22 rings (SSSR count). The van der Waals surface area contributed by atoms with Gasteiger partial charge in [-0.3, -0.25) is 0 Å². The molecule has 1 N–H and O–H groups in total. The van der Waals surface area contributed by atoms with Gasteiger partial charge in [-0.15, -0.1) is 0 Å². The van der Waals surface area contributed by atoms with Gasteiger partial charge in [0.2, 0.25) is 0 Å². The number of hydrogen-bond donors (Lipinski definition) is 1. The first-order valence-electron chi connectivity index (χ1n) is 39.9. The van der Waals surface area contributed by atoms with E-state index in [-0.39, 0.29) is 5.92 Å². The zero-order valence-corrected chi connectivity index (χ0v) is 65.6. The molecule has 0 bridgehead atoms. The van der Waals surface area contributed by atoms with E-state index >= 15 is 0 Å². The quantitative estimate of drug-likeness (QED) is 0.117. The van der Waals surface area contributed by atoms with Gasteiger partial charge in [-0.25, -0.2) is 0 Å². The fourth-order valence-electron chi connectivity index (χ4n) is 17.1. The van der Waals surface area contributed by atoms with Gasteiger partial charge in [0.1, 0.15) is 22.3 Å². The number of nitrogens with one attached hydrogen (secondary N) is 1. The molecule has 552 valence electrons. The van der Waals surface area contributed by atoms with Crippen LogP contribution in [0.4, 0.5) is 11.4 Å². The van der Waals surface area contributed by atoms with Crippen LogP contribution in [0.3, 0.4) is 0 Å². The summed E-state index contributed by atoms with van der Waals surface area (Å²) in [6, 6.07) is 161. The van der Waals surface area contributed by atoms with Gasteiger partial charge < -0.3 is 14.2 Å². The lowest BCUT2D eigenvalue weighted by molar-refractivity contribution is 0.669. The first-order chi connectivity index (χ1) is 57.9. The highest BCUT2D eigenvalue weighted by molar-refractivity contribution is 9.10. The number of benzene rings is 20. The topological polar surface area (TPSA) is 38.3 Å². The van der Waals surface area contributed by atoms with Crippen LogP contribution >= 0.6 is 15.9 Å². The molecule has 0 saturated heterocycles. The van der Waals surface area contributed by atoms with Gasteiger partial charge in [0.05, 0.1) is 0 Å². The average Bonchev–Trinajstić information content (AvgIpc) is 1.63. The summed E-state index contributed by atoms with van der Waals surface area (Å²) in [5, 5.41) is 18.3. The molecule has 0 aliphatic carbocycles. The third kappa shape index (κ3) is 14.4. The standard InChI is InChI=1S/C57H38O.C32H23N.C24H15BrO/c1-3-20-48-38(12-1)14-9-23-50(48)40-28-32-42(33-29-40)56(43-34-30-41(31-35-43)51-24-10-15-39-13-2-4-21-49(39)51)47-19-8-17-45(37-47)44-16-7-18-46(36-44)52-25-11-26-54-53-22-5-6-27-55(53)58-57(52)54;1-3-11-29-23(7-1)9-5-13-31(29)25-15-19-27(20-16-25)33-28-21-17-26(18-22-28)32-14-6-10-24-8-2-4-12-30(24)32;25-19-9-4-7-17(15-19)16-6-3-8-18(14-16)20-11-5-12-22-21-10-1-2-13-23(21)26-24(20)22/h1-37,56H;1-22,33H;1-15H. The molecular formula is C113H76BrNO2. The van der Waals surface area contributed by atoms with E-state index in [1.54, 1.807) is 0 Å². The van der Waals surface area contributed by atoms with Crippen LogP contribution < -0.4 is 5.32 Å². The van der Waals surface area contributed by atoms with Crippen LogP contribution in [-0.4, -0.2) is 0 Å². The number of anilines is 2. The van der Waals surface area contributed by atoms with E-state index in [2.05, 4.69) is 440 Å². The first-order valence-corrected chi connectivity index (χ1v) is 40.7. The minimum absolute atomic E-state index is 0.0237. The highest BCUT2D eigenvalue weighted by atomic mass is 79.9. The molecule has 0 aliphatic rings. The summed E-state index contributed by atoms with van der Waals surface area (Å²) < 4.78 is 13.7. The fraction of sp³-hybridized carbons (Fsp3) is 0.00885. The van der Waals surface area contributed by atoms with Crippen molar-refractivity contribution < 1.29 is 8.83 Å². The summed E-state index contributed by atoms with van der Waals surface area (Å²) in [7, 11) is 0. The Labute approximate surface area is 688 Å². The third-order valence-corrected chi connectivity index (χ3v) is 23.3. The van der Waals surface area contributed by atoms with Crippen LogP contribution in [0.25, 0.3) is 176 Å². The maximum atomic E-state index is 6.45. The van der Waals surface area contributed by atoms with Crippen molar-refractivity contribution in [1.82, 2.24) is 0 Å². The van der Waals surface area contributed by atoms with Crippen molar-refractivity contribution >= 4 is 114 Å². The maximum Gasteiger partial charge on any atom is 0.143 e. The Hall–Kier alpha value is -14.7. The Morgan fingerprint density at radius 3 is 0.863 bits per heavy atom. The number of furan rings is 2. The van der Waals surface area contributed by atoms with Gasteiger partial charge in [-0.1, -0.05) is 404 Å². The monoisotopic (exact) mass is 1560 g/mol. The van der Waals surface area contributed by atoms with Crippen LogP contribution in [0.2, 0.25) is 0 Å². The Kier molecular flexibility index (Phi) is 19.3. The van der Waals surface area contributed by atoms with Crippen LogP contribution in [0.5, 0.6) is 0 Å². The molecule has 2 heterocycles. The molecule has 0 saturated carbocycles. The van der Waals surface area contributed by atoms with Gasteiger partial charge in [0.25, 0.3) is 0 Å². The molecule has 117 heavy (non-hydrogen) atoms. The molecule has 22 aromatic rings. The number of halogens is 1. The normalized spacial score (nSPS) is 11.4. The minimum atomic E-state index is 0.0237. The molecule has 0 spiro atoms. The molecule has 0 aliphatic heterocycles. The molecule has 0 fully saturated rings. The zero-order chi connectivity index (χ0) is 78.0. The predicted octanol–water partition coefficient (Wildman–Crippen LogP) is 32.5. The predicted molar refractivity (Wildman–Crippen MR) is 499 cm³/mol. The molecule has 0 amide bonds. The van der Waals surface area contributed by atoms with Crippen LogP contribution in [0.15, 0.2) is 462 Å². The van der Waals surface area contributed by atoms with E-state index in [1.807, 2.05) is 30.3 Å². The summed E-state index contributed by atoms with van der Waals surface area (Å²) in [4.78, 5) is 0. The smallest absolute Gasteiger partial charge is 0.143 e. The summed E-state index contributed by atoms with van der Waals surface area (Å²) in [6.45, 7) is 0. The SMILES string of the molecule is Brc1cccc(-c2cccc(-c3cccc4c3oc3ccccc34)c2)c1.c1cc(-c2cccc(C(c3ccc(-c4cccc5ccccc45)cc3)c3ccc(-c4cccc5ccccc45)cc3)c2)cc(-c2cccc3c2oc2ccccc23)c1.c1ccc2c(-c3ccc(Nc4ccc(-c5cccc6ccccc56)cc4)cc3)cccc2c1.